The van der Waals surface area contributed by atoms with E-state index in [1.807, 2.05) is 6.08 Å². The Morgan fingerprint density at radius 1 is 1.16 bits per heavy atom. The van der Waals surface area contributed by atoms with Crippen LogP contribution in [0.3, 0.4) is 0 Å². The SMILES string of the molecule is C=CCCCCCCC(O)CNc1cc(N(C)C)c2c(c1O)C(=O)C1=C(O)C3(O)C(=O)C(C(N)=O)=C(O)C(N(C)C)C3CC1C2. The van der Waals surface area contributed by atoms with E-state index in [0.29, 0.717) is 17.7 Å². The summed E-state index contributed by atoms with van der Waals surface area (Å²) in [5.41, 5.74) is 2.94. The molecule has 246 valence electrons. The van der Waals surface area contributed by atoms with Crippen molar-refractivity contribution < 1.29 is 39.9 Å². The number of carbonyl (C=O) groups excluding carboxylic acids is 3. The van der Waals surface area contributed by atoms with Crippen molar-refractivity contribution in [1.29, 1.82) is 0 Å². The van der Waals surface area contributed by atoms with Crippen LogP contribution >= 0.6 is 0 Å². The Labute approximate surface area is 263 Å². The monoisotopic (exact) mass is 626 g/mol. The van der Waals surface area contributed by atoms with Crippen LogP contribution in [0.15, 0.2) is 41.4 Å². The number of primary amides is 1. The van der Waals surface area contributed by atoms with E-state index in [1.165, 1.54) is 4.90 Å². The molecule has 5 unspecified atom stereocenters. The van der Waals surface area contributed by atoms with Crippen molar-refractivity contribution in [1.82, 2.24) is 4.90 Å². The number of aliphatic hydroxyl groups excluding tert-OH is 3. The van der Waals surface area contributed by atoms with Crippen molar-refractivity contribution in [2.45, 2.75) is 69.1 Å². The molecule has 5 atom stereocenters. The Morgan fingerprint density at radius 2 is 1.82 bits per heavy atom. The third-order valence-electron chi connectivity index (χ3n) is 9.40. The highest BCUT2D eigenvalue weighted by Crippen LogP contribution is 2.53. The number of anilines is 2. The van der Waals surface area contributed by atoms with Crippen LogP contribution in [0.5, 0.6) is 5.75 Å². The molecule has 3 aliphatic carbocycles. The highest BCUT2D eigenvalue weighted by Gasteiger charge is 2.63. The number of aromatic hydroxyl groups is 1. The largest absolute Gasteiger partial charge is 0.510 e. The predicted molar refractivity (Wildman–Crippen MR) is 170 cm³/mol. The van der Waals surface area contributed by atoms with Crippen LogP contribution in [-0.4, -0.2) is 100 Å². The predicted octanol–water partition coefficient (Wildman–Crippen LogP) is 2.49. The number of carbonyl (C=O) groups is 3. The molecule has 0 radical (unpaired) electrons. The molecule has 45 heavy (non-hydrogen) atoms. The van der Waals surface area contributed by atoms with Gasteiger partial charge in [0.1, 0.15) is 22.8 Å². The summed E-state index contributed by atoms with van der Waals surface area (Å²) in [6.07, 6.45) is 6.86. The van der Waals surface area contributed by atoms with Gasteiger partial charge in [-0.3, -0.25) is 19.3 Å². The van der Waals surface area contributed by atoms with Crippen molar-refractivity contribution in [3.05, 3.63) is 52.5 Å². The average molecular weight is 627 g/mol. The summed E-state index contributed by atoms with van der Waals surface area (Å²) in [5, 5.41) is 59.3. The van der Waals surface area contributed by atoms with E-state index in [2.05, 4.69) is 11.9 Å². The molecule has 0 saturated heterocycles. The molecule has 8 N–H and O–H groups in total. The van der Waals surface area contributed by atoms with Gasteiger partial charge in [0, 0.05) is 37.8 Å². The zero-order chi connectivity index (χ0) is 33.4. The number of allylic oxidation sites excluding steroid dienone is 2. The van der Waals surface area contributed by atoms with Crippen LogP contribution in [0.4, 0.5) is 11.4 Å². The second-order valence-electron chi connectivity index (χ2n) is 12.8. The summed E-state index contributed by atoms with van der Waals surface area (Å²) in [6.45, 7) is 3.85. The van der Waals surface area contributed by atoms with Crippen molar-refractivity contribution in [2.24, 2.45) is 17.6 Å². The van der Waals surface area contributed by atoms with Crippen LogP contribution in [-0.2, 0) is 16.0 Å². The van der Waals surface area contributed by atoms with Gasteiger partial charge in [0.25, 0.3) is 5.91 Å². The number of amides is 1. The van der Waals surface area contributed by atoms with Gasteiger partial charge in [0.2, 0.25) is 5.78 Å². The zero-order valence-electron chi connectivity index (χ0n) is 26.5. The Hall–Kier alpha value is -3.87. The lowest BCUT2D eigenvalue weighted by Gasteiger charge is -2.50. The summed E-state index contributed by atoms with van der Waals surface area (Å²) in [6, 6.07) is 0.653. The molecule has 0 fully saturated rings. The number of ketones is 2. The maximum Gasteiger partial charge on any atom is 0.255 e. The zero-order valence-corrected chi connectivity index (χ0v) is 26.5. The average Bonchev–Trinajstić information content (AvgIpc) is 2.95. The molecular formula is C33H46N4O8. The van der Waals surface area contributed by atoms with Gasteiger partial charge in [-0.25, -0.2) is 0 Å². The number of hydrogen-bond donors (Lipinski definition) is 7. The number of nitrogens with one attached hydrogen (secondary N) is 1. The lowest BCUT2D eigenvalue weighted by Crippen LogP contribution is -2.63. The molecule has 0 bridgehead atoms. The standard InChI is InChI=1S/C33H46N4O8/c1-6-7-8-9-10-11-12-18(38)16-35-21-15-22(36(2)3)19-13-17-14-20-26(37(4)5)29(41)25(32(34)44)31(43)33(20,45)30(42)23(17)28(40)24(19)27(21)39/h6,15,17-18,20,26,35,38-39,41-42,45H,1,7-14,16H2,2-5H3,(H2,34,44). The third kappa shape index (κ3) is 5.94. The molecule has 4 rings (SSSR count). The van der Waals surface area contributed by atoms with Gasteiger partial charge >= 0.3 is 0 Å². The van der Waals surface area contributed by atoms with Crippen LogP contribution in [0.25, 0.3) is 0 Å². The number of Topliss-reactive ketones (excluding diaryl/α,β-unsaturated/α-hetero) is 2. The molecule has 12 nitrogen and oxygen atoms in total. The highest BCUT2D eigenvalue weighted by molar-refractivity contribution is 6.25. The van der Waals surface area contributed by atoms with Gasteiger partial charge in [0.05, 0.1) is 23.4 Å². The molecule has 0 aliphatic heterocycles. The van der Waals surface area contributed by atoms with Gasteiger partial charge in [-0.05, 0) is 63.7 Å². The maximum atomic E-state index is 14.1. The number of rotatable bonds is 13. The second-order valence-corrected chi connectivity index (χ2v) is 12.8. The fraction of sp³-hybridized carbons (Fsp3) is 0.545. The van der Waals surface area contributed by atoms with Gasteiger partial charge < -0.3 is 41.5 Å². The van der Waals surface area contributed by atoms with E-state index in [0.717, 1.165) is 32.1 Å². The number of phenols is 1. The molecule has 12 heteroatoms. The lowest BCUT2D eigenvalue weighted by molar-refractivity contribution is -0.148. The van der Waals surface area contributed by atoms with Crippen LogP contribution in [0.1, 0.15) is 60.9 Å². The summed E-state index contributed by atoms with van der Waals surface area (Å²) in [4.78, 5) is 43.2. The number of nitrogens with zero attached hydrogens (tertiary/aromatic N) is 2. The molecule has 0 saturated carbocycles. The highest BCUT2D eigenvalue weighted by atomic mass is 16.3. The molecule has 0 spiro atoms. The quantitative estimate of drug-likeness (QED) is 0.0735. The second kappa shape index (κ2) is 13.2. The molecule has 1 aromatic rings. The van der Waals surface area contributed by atoms with E-state index in [-0.39, 0.29) is 42.0 Å². The number of phenolic OH excluding ortho intramolecular Hbond substituents is 1. The number of likely N-dealkylation sites (N-methyl/N-ethyl adjacent to an activating group) is 1. The molecular weight excluding hydrogens is 580 g/mol. The Kier molecular flexibility index (Phi) is 10.0. The number of hydrogen-bond acceptors (Lipinski definition) is 11. The molecule has 3 aliphatic rings. The van der Waals surface area contributed by atoms with E-state index in [9.17, 15) is 39.9 Å². The number of unbranched alkanes of at least 4 members (excludes halogenated alkanes) is 4. The van der Waals surface area contributed by atoms with E-state index in [1.54, 1.807) is 39.2 Å². The first-order valence-corrected chi connectivity index (χ1v) is 15.4. The van der Waals surface area contributed by atoms with Gasteiger partial charge in [-0.15, -0.1) is 6.58 Å². The van der Waals surface area contributed by atoms with Crippen molar-refractivity contribution in [2.75, 3.05) is 45.0 Å². The number of benzene rings is 1. The molecule has 0 heterocycles. The third-order valence-corrected chi connectivity index (χ3v) is 9.40. The molecule has 0 aromatic heterocycles. The first-order chi connectivity index (χ1) is 21.2. The molecule has 1 aromatic carbocycles. The van der Waals surface area contributed by atoms with Crippen LogP contribution in [0.2, 0.25) is 0 Å². The Morgan fingerprint density at radius 3 is 2.42 bits per heavy atom. The Balaban J connectivity index is 1.71. The summed E-state index contributed by atoms with van der Waals surface area (Å²) < 4.78 is 0. The maximum absolute atomic E-state index is 14.1. The van der Waals surface area contributed by atoms with Crippen molar-refractivity contribution in [3.63, 3.8) is 0 Å². The summed E-state index contributed by atoms with van der Waals surface area (Å²) in [5.74, 6) is -6.95. The number of aliphatic hydroxyl groups is 4. The first-order valence-electron chi connectivity index (χ1n) is 15.4. The fourth-order valence-electron chi connectivity index (χ4n) is 7.18. The van der Waals surface area contributed by atoms with Crippen molar-refractivity contribution >= 4 is 28.8 Å². The fourth-order valence-corrected chi connectivity index (χ4v) is 7.18. The molecule has 1 amide bonds. The van der Waals surface area contributed by atoms with Gasteiger partial charge in [-0.2, -0.15) is 0 Å². The lowest BCUT2D eigenvalue weighted by atomic mass is 9.58. The van der Waals surface area contributed by atoms with Crippen molar-refractivity contribution in [3.8, 4) is 5.75 Å². The van der Waals surface area contributed by atoms with E-state index in [4.69, 9.17) is 5.73 Å². The number of fused-ring (bicyclic) bond motifs is 3. The normalized spacial score (nSPS) is 25.1. The summed E-state index contributed by atoms with van der Waals surface area (Å²) in [7, 11) is 6.76. The van der Waals surface area contributed by atoms with Crippen LogP contribution < -0.4 is 16.0 Å². The minimum absolute atomic E-state index is 0.0131. The van der Waals surface area contributed by atoms with Gasteiger partial charge in [-0.1, -0.05) is 25.3 Å². The van der Waals surface area contributed by atoms with E-state index >= 15 is 0 Å². The minimum atomic E-state index is -2.70. The van der Waals surface area contributed by atoms with E-state index < -0.39 is 64.1 Å². The minimum Gasteiger partial charge on any atom is -0.510 e. The summed E-state index contributed by atoms with van der Waals surface area (Å²) >= 11 is 0. The number of nitrogens with two attached hydrogens (primary N) is 1. The topological polar surface area (TPSA) is 197 Å². The Bertz CT molecular complexity index is 1450. The smallest absolute Gasteiger partial charge is 0.255 e. The van der Waals surface area contributed by atoms with Gasteiger partial charge in [0.15, 0.2) is 11.4 Å². The van der Waals surface area contributed by atoms with Crippen LogP contribution in [0, 0.1) is 11.8 Å². The first kappa shape index (κ1) is 34.0.